The normalized spacial score (nSPS) is 21.4. The van der Waals surface area contributed by atoms with E-state index in [2.05, 4.69) is 4.99 Å². The predicted octanol–water partition coefficient (Wildman–Crippen LogP) is 1.73. The van der Waals surface area contributed by atoms with Crippen molar-refractivity contribution in [1.29, 1.82) is 0 Å². The van der Waals surface area contributed by atoms with Gasteiger partial charge in [0, 0.05) is 5.56 Å². The molecule has 1 aliphatic heterocycles. The molecule has 0 spiro atoms. The number of hydrogen-bond acceptors (Lipinski definition) is 5. The largest absolute Gasteiger partial charge is 0.496 e. The van der Waals surface area contributed by atoms with E-state index >= 15 is 0 Å². The highest BCUT2D eigenvalue weighted by Gasteiger charge is 2.36. The van der Waals surface area contributed by atoms with Gasteiger partial charge in [-0.2, -0.15) is 0 Å². The zero-order chi connectivity index (χ0) is 13.0. The molecule has 2 atom stereocenters. The average molecular weight is 249 g/mol. The number of benzene rings is 1. The van der Waals surface area contributed by atoms with Crippen molar-refractivity contribution in [1.82, 2.24) is 0 Å². The second-order valence-corrected chi connectivity index (χ2v) is 3.75. The van der Waals surface area contributed by atoms with Gasteiger partial charge in [0.2, 0.25) is 0 Å². The van der Waals surface area contributed by atoms with E-state index in [-0.39, 0.29) is 5.97 Å². The molecule has 1 aliphatic rings. The topological polar surface area (TPSA) is 57.1 Å². The first-order valence-corrected chi connectivity index (χ1v) is 5.74. The molecule has 1 heterocycles. The van der Waals surface area contributed by atoms with Crippen molar-refractivity contribution in [2.24, 2.45) is 4.99 Å². The van der Waals surface area contributed by atoms with Crippen molar-refractivity contribution >= 4 is 12.4 Å². The summed E-state index contributed by atoms with van der Waals surface area (Å²) >= 11 is 0. The molecule has 0 saturated heterocycles. The summed E-state index contributed by atoms with van der Waals surface area (Å²) in [5.41, 5.74) is 0.788. The van der Waals surface area contributed by atoms with E-state index in [0.29, 0.717) is 12.4 Å². The van der Waals surface area contributed by atoms with Crippen LogP contribution in [0, 0.1) is 0 Å². The molecule has 0 radical (unpaired) electrons. The Labute approximate surface area is 105 Å². The fraction of sp³-hybridized carbons (Fsp3) is 0.385. The quantitative estimate of drug-likeness (QED) is 0.762. The van der Waals surface area contributed by atoms with Crippen LogP contribution in [0.25, 0.3) is 0 Å². The number of carbonyl (C=O) groups excluding carboxylic acids is 1. The van der Waals surface area contributed by atoms with Gasteiger partial charge in [0.05, 0.1) is 13.7 Å². The summed E-state index contributed by atoms with van der Waals surface area (Å²) in [6.45, 7) is 2.08. The van der Waals surface area contributed by atoms with Crippen LogP contribution >= 0.6 is 0 Å². The smallest absolute Gasteiger partial charge is 0.335 e. The maximum atomic E-state index is 11.8. The molecule has 0 aliphatic carbocycles. The molecule has 1 unspecified atom stereocenters. The predicted molar refractivity (Wildman–Crippen MR) is 65.7 cm³/mol. The lowest BCUT2D eigenvalue weighted by Crippen LogP contribution is -2.26. The van der Waals surface area contributed by atoms with E-state index in [4.69, 9.17) is 14.2 Å². The number of ether oxygens (including phenoxy) is 3. The van der Waals surface area contributed by atoms with Crippen LogP contribution in [-0.2, 0) is 14.3 Å². The zero-order valence-corrected chi connectivity index (χ0v) is 10.3. The van der Waals surface area contributed by atoms with Gasteiger partial charge >= 0.3 is 5.97 Å². The molecule has 0 saturated carbocycles. The lowest BCUT2D eigenvalue weighted by atomic mass is 10.0. The molecule has 5 heteroatoms. The van der Waals surface area contributed by atoms with Gasteiger partial charge in [0.1, 0.15) is 5.75 Å². The molecule has 18 heavy (non-hydrogen) atoms. The van der Waals surface area contributed by atoms with E-state index < -0.39 is 12.1 Å². The first-order chi connectivity index (χ1) is 8.77. The molecule has 2 rings (SSSR count). The number of esters is 1. The van der Waals surface area contributed by atoms with Crippen molar-refractivity contribution < 1.29 is 19.0 Å². The van der Waals surface area contributed by atoms with Crippen LogP contribution in [0.3, 0.4) is 0 Å². The highest BCUT2D eigenvalue weighted by Crippen LogP contribution is 2.33. The maximum absolute atomic E-state index is 11.8. The van der Waals surface area contributed by atoms with Crippen LogP contribution in [0.2, 0.25) is 0 Å². The van der Waals surface area contributed by atoms with Crippen LogP contribution in [0.4, 0.5) is 0 Å². The summed E-state index contributed by atoms with van der Waals surface area (Å²) < 4.78 is 15.6. The molecular formula is C13H15NO4. The van der Waals surface area contributed by atoms with Crippen LogP contribution in [0.15, 0.2) is 29.3 Å². The van der Waals surface area contributed by atoms with Gasteiger partial charge < -0.3 is 14.2 Å². The zero-order valence-electron chi connectivity index (χ0n) is 10.3. The summed E-state index contributed by atoms with van der Waals surface area (Å²) in [7, 11) is 1.58. The molecule has 1 aromatic rings. The first kappa shape index (κ1) is 12.4. The molecule has 0 amide bonds. The third-order valence-electron chi connectivity index (χ3n) is 2.69. The van der Waals surface area contributed by atoms with Crippen LogP contribution in [0.1, 0.15) is 18.6 Å². The summed E-state index contributed by atoms with van der Waals surface area (Å²) in [5, 5.41) is 0. The summed E-state index contributed by atoms with van der Waals surface area (Å²) in [5.74, 6) is 0.282. The van der Waals surface area contributed by atoms with Gasteiger partial charge in [0.25, 0.3) is 0 Å². The molecule has 5 nitrogen and oxygen atoms in total. The number of para-hydroxylation sites is 1. The summed E-state index contributed by atoms with van der Waals surface area (Å²) in [6.07, 6.45) is 0.804. The molecular weight excluding hydrogens is 234 g/mol. The molecule has 1 aromatic carbocycles. The SMILES string of the molecule is CCOC(=O)[C@@H]1N=COC1c1ccccc1OC. The van der Waals surface area contributed by atoms with E-state index in [1.54, 1.807) is 14.0 Å². The molecule has 0 aromatic heterocycles. The Balaban J connectivity index is 2.24. The van der Waals surface area contributed by atoms with Crippen molar-refractivity contribution in [3.8, 4) is 5.75 Å². The van der Waals surface area contributed by atoms with Gasteiger partial charge in [-0.25, -0.2) is 9.79 Å². The van der Waals surface area contributed by atoms with Gasteiger partial charge in [-0.3, -0.25) is 0 Å². The number of rotatable bonds is 4. The van der Waals surface area contributed by atoms with Gasteiger partial charge in [-0.05, 0) is 13.0 Å². The van der Waals surface area contributed by atoms with Gasteiger partial charge in [-0.15, -0.1) is 0 Å². The number of methoxy groups -OCH3 is 1. The fourth-order valence-electron chi connectivity index (χ4n) is 1.88. The Bertz CT molecular complexity index is 458. The van der Waals surface area contributed by atoms with Crippen molar-refractivity contribution in [3.05, 3.63) is 29.8 Å². The number of hydrogen-bond donors (Lipinski definition) is 0. The molecule has 0 N–H and O–H groups in total. The minimum atomic E-state index is -0.666. The van der Waals surface area contributed by atoms with E-state index in [0.717, 1.165) is 5.56 Å². The van der Waals surface area contributed by atoms with E-state index in [9.17, 15) is 4.79 Å². The van der Waals surface area contributed by atoms with Gasteiger partial charge in [-0.1, -0.05) is 18.2 Å². The molecule has 0 fully saturated rings. The Morgan fingerprint density at radius 2 is 2.22 bits per heavy atom. The van der Waals surface area contributed by atoms with E-state index in [1.165, 1.54) is 6.40 Å². The Hall–Kier alpha value is -2.04. The third kappa shape index (κ3) is 2.30. The molecule has 0 bridgehead atoms. The maximum Gasteiger partial charge on any atom is 0.335 e. The average Bonchev–Trinajstić information content (AvgIpc) is 2.88. The first-order valence-electron chi connectivity index (χ1n) is 5.74. The summed E-state index contributed by atoms with van der Waals surface area (Å²) in [6, 6.07) is 6.73. The lowest BCUT2D eigenvalue weighted by molar-refractivity contribution is -0.146. The van der Waals surface area contributed by atoms with Crippen molar-refractivity contribution in [2.45, 2.75) is 19.1 Å². The Morgan fingerprint density at radius 1 is 1.44 bits per heavy atom. The van der Waals surface area contributed by atoms with Crippen LogP contribution < -0.4 is 4.74 Å². The third-order valence-corrected chi connectivity index (χ3v) is 2.69. The second-order valence-electron chi connectivity index (χ2n) is 3.75. The Morgan fingerprint density at radius 3 is 2.94 bits per heavy atom. The van der Waals surface area contributed by atoms with Gasteiger partial charge in [0.15, 0.2) is 18.5 Å². The highest BCUT2D eigenvalue weighted by atomic mass is 16.5. The van der Waals surface area contributed by atoms with Crippen molar-refractivity contribution in [2.75, 3.05) is 13.7 Å². The minimum Gasteiger partial charge on any atom is -0.496 e. The standard InChI is InChI=1S/C13H15NO4/c1-3-17-13(15)11-12(18-8-14-11)9-6-4-5-7-10(9)16-2/h4-8,11-12H,3H2,1-2H3/t11-,12?/m1/s1. The Kier molecular flexibility index (Phi) is 3.82. The number of aliphatic imine (C=N–C) groups is 1. The monoisotopic (exact) mass is 249 g/mol. The van der Waals surface area contributed by atoms with Crippen molar-refractivity contribution in [3.63, 3.8) is 0 Å². The second kappa shape index (κ2) is 5.53. The minimum absolute atomic E-state index is 0.323. The number of nitrogens with zero attached hydrogens (tertiary/aromatic N) is 1. The number of carbonyl (C=O) groups is 1. The van der Waals surface area contributed by atoms with E-state index in [1.807, 2.05) is 24.3 Å². The van der Waals surface area contributed by atoms with Crippen LogP contribution in [0.5, 0.6) is 5.75 Å². The highest BCUT2D eigenvalue weighted by molar-refractivity contribution is 5.80. The molecule has 96 valence electrons. The summed E-state index contributed by atoms with van der Waals surface area (Å²) in [4.78, 5) is 15.8. The van der Waals surface area contributed by atoms with Crippen LogP contribution in [-0.4, -0.2) is 32.1 Å². The lowest BCUT2D eigenvalue weighted by Gasteiger charge is -2.18. The fourth-order valence-corrected chi connectivity index (χ4v) is 1.88.